The summed E-state index contributed by atoms with van der Waals surface area (Å²) in [5.41, 5.74) is 0.439. The Morgan fingerprint density at radius 3 is 3.16 bits per heavy atom. The van der Waals surface area contributed by atoms with Gasteiger partial charge in [-0.15, -0.1) is 0 Å². The van der Waals surface area contributed by atoms with Gasteiger partial charge in [0.15, 0.2) is 5.78 Å². The maximum absolute atomic E-state index is 12.6. The molecule has 6 nitrogen and oxygen atoms in total. The van der Waals surface area contributed by atoms with E-state index in [1.54, 1.807) is 11.8 Å². The highest BCUT2D eigenvalue weighted by molar-refractivity contribution is 6.33. The average molecular weight is 288 g/mol. The number of carbonyl (C=O) groups excluding carboxylic acids is 1. The van der Waals surface area contributed by atoms with E-state index in [4.69, 9.17) is 21.1 Å². The topological polar surface area (TPSA) is 65.4 Å². The van der Waals surface area contributed by atoms with Gasteiger partial charge in [-0.3, -0.25) is 9.48 Å². The van der Waals surface area contributed by atoms with Gasteiger partial charge in [0, 0.05) is 13.2 Å². The van der Waals surface area contributed by atoms with Crippen molar-refractivity contribution in [3.63, 3.8) is 0 Å². The Morgan fingerprint density at radius 2 is 2.47 bits per heavy atom. The van der Waals surface area contributed by atoms with Crippen molar-refractivity contribution in [3.8, 4) is 0 Å². The highest BCUT2D eigenvalue weighted by Crippen LogP contribution is 2.24. The highest BCUT2D eigenvalue weighted by Gasteiger charge is 2.36. The van der Waals surface area contributed by atoms with E-state index in [1.807, 2.05) is 7.05 Å². The van der Waals surface area contributed by atoms with Crippen molar-refractivity contribution in [2.75, 3.05) is 34.0 Å². The maximum atomic E-state index is 12.6. The van der Waals surface area contributed by atoms with E-state index in [2.05, 4.69) is 10.4 Å². The summed E-state index contributed by atoms with van der Waals surface area (Å²) in [6.45, 7) is 1.93. The highest BCUT2D eigenvalue weighted by atomic mass is 35.5. The quantitative estimate of drug-likeness (QED) is 0.776. The molecule has 0 amide bonds. The smallest absolute Gasteiger partial charge is 0.189 e. The third-order valence-electron chi connectivity index (χ3n) is 3.32. The average Bonchev–Trinajstić information content (AvgIpc) is 3.02. The number of aromatic nitrogens is 2. The molecule has 0 aromatic carbocycles. The molecule has 0 spiro atoms. The van der Waals surface area contributed by atoms with Crippen molar-refractivity contribution >= 4 is 17.4 Å². The van der Waals surface area contributed by atoms with Crippen LogP contribution in [0.2, 0.25) is 5.02 Å². The molecule has 7 heteroatoms. The van der Waals surface area contributed by atoms with E-state index in [1.165, 1.54) is 6.20 Å². The molecule has 1 aliphatic rings. The van der Waals surface area contributed by atoms with Crippen molar-refractivity contribution in [3.05, 3.63) is 16.9 Å². The van der Waals surface area contributed by atoms with Crippen LogP contribution in [-0.2, 0) is 16.0 Å². The van der Waals surface area contributed by atoms with Crippen LogP contribution in [0.4, 0.5) is 0 Å². The number of Topliss-reactive ketones (excluding diaryl/α,β-unsaturated/α-hetero) is 1. The first-order chi connectivity index (χ1) is 9.19. The first kappa shape index (κ1) is 14.5. The molecule has 2 atom stereocenters. The van der Waals surface area contributed by atoms with Crippen LogP contribution < -0.4 is 5.32 Å². The fraction of sp³-hybridized carbons (Fsp3) is 0.667. The van der Waals surface area contributed by atoms with Crippen molar-refractivity contribution in [1.82, 2.24) is 15.1 Å². The first-order valence-corrected chi connectivity index (χ1v) is 6.56. The molecule has 2 rings (SSSR count). The van der Waals surface area contributed by atoms with E-state index in [9.17, 15) is 4.79 Å². The van der Waals surface area contributed by atoms with Gasteiger partial charge in [-0.25, -0.2) is 0 Å². The van der Waals surface area contributed by atoms with E-state index in [-0.39, 0.29) is 17.7 Å². The number of carbonyl (C=O) groups is 1. The fourth-order valence-electron chi connectivity index (χ4n) is 2.23. The first-order valence-electron chi connectivity index (χ1n) is 6.18. The minimum Gasteiger partial charge on any atom is -0.383 e. The number of ether oxygens (including phenoxy) is 2. The second kappa shape index (κ2) is 6.47. The van der Waals surface area contributed by atoms with Gasteiger partial charge in [0.25, 0.3) is 0 Å². The van der Waals surface area contributed by atoms with Gasteiger partial charge in [-0.1, -0.05) is 11.6 Å². The number of methoxy groups -OCH3 is 1. The molecule has 0 bridgehead atoms. The summed E-state index contributed by atoms with van der Waals surface area (Å²) in [7, 11) is 3.43. The summed E-state index contributed by atoms with van der Waals surface area (Å²) in [6, 6.07) is 0.0225. The molecule has 0 saturated carbocycles. The Kier molecular flexibility index (Phi) is 4.93. The minimum absolute atomic E-state index is 0.0225. The summed E-state index contributed by atoms with van der Waals surface area (Å²) in [4.78, 5) is 12.6. The molecule has 106 valence electrons. The largest absolute Gasteiger partial charge is 0.383 e. The Labute approximate surface area is 117 Å². The number of hydrogen-bond donors (Lipinski definition) is 1. The SMILES string of the molecule is CNC1COCC1C(=O)c1c(Cl)cnn1CCOC. The van der Waals surface area contributed by atoms with Crippen LogP contribution in [0.25, 0.3) is 0 Å². The van der Waals surface area contributed by atoms with Crippen LogP contribution in [0.5, 0.6) is 0 Å². The van der Waals surface area contributed by atoms with Gasteiger partial charge in [-0.2, -0.15) is 5.10 Å². The molecule has 1 N–H and O–H groups in total. The zero-order valence-corrected chi connectivity index (χ0v) is 11.8. The van der Waals surface area contributed by atoms with E-state index < -0.39 is 0 Å². The van der Waals surface area contributed by atoms with Crippen LogP contribution >= 0.6 is 11.6 Å². The summed E-state index contributed by atoms with van der Waals surface area (Å²) < 4.78 is 12.0. The molecule has 1 aromatic heterocycles. The summed E-state index contributed by atoms with van der Waals surface area (Å²) in [5.74, 6) is -0.254. The van der Waals surface area contributed by atoms with E-state index in [0.717, 1.165) is 0 Å². The van der Waals surface area contributed by atoms with Gasteiger partial charge in [0.05, 0.1) is 43.5 Å². The third kappa shape index (κ3) is 2.97. The number of likely N-dealkylation sites (N-methyl/N-ethyl adjacent to an activating group) is 1. The minimum atomic E-state index is -0.222. The lowest BCUT2D eigenvalue weighted by Crippen LogP contribution is -2.37. The number of halogens is 1. The summed E-state index contributed by atoms with van der Waals surface area (Å²) >= 11 is 6.08. The molecular formula is C12H18ClN3O3. The van der Waals surface area contributed by atoms with Crippen LogP contribution in [0.15, 0.2) is 6.20 Å². The van der Waals surface area contributed by atoms with Crippen molar-refractivity contribution in [2.24, 2.45) is 5.92 Å². The van der Waals surface area contributed by atoms with E-state index in [0.29, 0.717) is 37.1 Å². The lowest BCUT2D eigenvalue weighted by Gasteiger charge is -2.16. The molecule has 1 aromatic rings. The van der Waals surface area contributed by atoms with Gasteiger partial charge in [0.2, 0.25) is 0 Å². The molecule has 1 saturated heterocycles. The van der Waals surface area contributed by atoms with Gasteiger partial charge in [-0.05, 0) is 7.05 Å². The van der Waals surface area contributed by atoms with Crippen molar-refractivity contribution < 1.29 is 14.3 Å². The lowest BCUT2D eigenvalue weighted by molar-refractivity contribution is 0.0878. The van der Waals surface area contributed by atoms with Crippen LogP contribution in [0.1, 0.15) is 10.5 Å². The molecule has 19 heavy (non-hydrogen) atoms. The number of hydrogen-bond acceptors (Lipinski definition) is 5. The molecule has 0 radical (unpaired) electrons. The van der Waals surface area contributed by atoms with Gasteiger partial charge >= 0.3 is 0 Å². The Hall–Kier alpha value is -0.950. The molecular weight excluding hydrogens is 270 g/mol. The Morgan fingerprint density at radius 1 is 1.68 bits per heavy atom. The number of rotatable bonds is 6. The van der Waals surface area contributed by atoms with Crippen LogP contribution in [0, 0.1) is 5.92 Å². The van der Waals surface area contributed by atoms with Crippen LogP contribution in [-0.4, -0.2) is 55.6 Å². The Balaban J connectivity index is 2.20. The fourth-order valence-corrected chi connectivity index (χ4v) is 2.46. The number of nitrogens with one attached hydrogen (secondary N) is 1. The zero-order valence-electron chi connectivity index (χ0n) is 11.1. The normalized spacial score (nSPS) is 22.9. The van der Waals surface area contributed by atoms with Gasteiger partial charge in [0.1, 0.15) is 5.69 Å². The number of ketones is 1. The molecule has 0 aliphatic carbocycles. The molecule has 2 heterocycles. The predicted molar refractivity (Wildman–Crippen MR) is 70.6 cm³/mol. The predicted octanol–water partition coefficient (Wildman–Crippen LogP) is 0.600. The molecule has 2 unspecified atom stereocenters. The summed E-state index contributed by atoms with van der Waals surface area (Å²) in [5, 5.41) is 7.59. The lowest BCUT2D eigenvalue weighted by atomic mass is 9.96. The van der Waals surface area contributed by atoms with Crippen molar-refractivity contribution in [1.29, 1.82) is 0 Å². The monoisotopic (exact) mass is 287 g/mol. The second-order valence-electron chi connectivity index (χ2n) is 4.46. The third-order valence-corrected chi connectivity index (χ3v) is 3.60. The van der Waals surface area contributed by atoms with E-state index >= 15 is 0 Å². The molecule has 1 aliphatic heterocycles. The number of nitrogens with zero attached hydrogens (tertiary/aromatic N) is 2. The maximum Gasteiger partial charge on any atom is 0.189 e. The Bertz CT molecular complexity index is 449. The van der Waals surface area contributed by atoms with Crippen molar-refractivity contribution in [2.45, 2.75) is 12.6 Å². The molecule has 1 fully saturated rings. The second-order valence-corrected chi connectivity index (χ2v) is 4.87. The standard InChI is InChI=1S/C12H18ClN3O3/c1-14-10-7-19-6-8(10)12(17)11-9(13)5-15-16(11)3-4-18-2/h5,8,10,14H,3-4,6-7H2,1-2H3. The van der Waals surface area contributed by atoms with Gasteiger partial charge < -0.3 is 14.8 Å². The van der Waals surface area contributed by atoms with Crippen LogP contribution in [0.3, 0.4) is 0 Å². The summed E-state index contributed by atoms with van der Waals surface area (Å²) in [6.07, 6.45) is 1.49. The zero-order chi connectivity index (χ0) is 13.8.